The Labute approximate surface area is 56.5 Å². The number of thiocarbonyl (C=S) groups is 1. The van der Waals surface area contributed by atoms with Gasteiger partial charge in [-0.2, -0.15) is 0 Å². The van der Waals surface area contributed by atoms with Crippen LogP contribution in [0.1, 0.15) is 26.2 Å². The molecule has 8 heavy (non-hydrogen) atoms. The first-order valence-corrected chi connectivity index (χ1v) is 3.42. The molecule has 1 nitrogen and oxygen atoms in total. The number of hydrogen-bond donors (Lipinski definition) is 1. The van der Waals surface area contributed by atoms with Crippen LogP contribution in [0.4, 0.5) is 0 Å². The first kappa shape index (κ1) is 7.89. The highest BCUT2D eigenvalue weighted by molar-refractivity contribution is 7.80. The molecular formula is C6H13NS. The van der Waals surface area contributed by atoms with Crippen molar-refractivity contribution >= 4 is 17.2 Å². The Balaban J connectivity index is 2.99. The van der Waals surface area contributed by atoms with Gasteiger partial charge in [-0.3, -0.25) is 0 Å². The quantitative estimate of drug-likeness (QED) is 0.585. The summed E-state index contributed by atoms with van der Waals surface area (Å²) in [7, 11) is 1.87. The van der Waals surface area contributed by atoms with Crippen LogP contribution in [0.5, 0.6) is 0 Å². The largest absolute Gasteiger partial charge is 0.383 e. The topological polar surface area (TPSA) is 12.0 Å². The molecule has 0 heterocycles. The van der Waals surface area contributed by atoms with E-state index in [1.807, 2.05) is 7.05 Å². The molecule has 0 aliphatic carbocycles. The maximum absolute atomic E-state index is 4.91. The SMILES string of the molecule is CCCCC(=S)NC. The van der Waals surface area contributed by atoms with Gasteiger partial charge in [0, 0.05) is 7.05 Å². The summed E-state index contributed by atoms with van der Waals surface area (Å²) in [5.41, 5.74) is 0. The van der Waals surface area contributed by atoms with Crippen molar-refractivity contribution in [3.8, 4) is 0 Å². The standard InChI is InChI=1S/C6H13NS/c1-3-4-5-6(8)7-2/h3-5H2,1-2H3,(H,7,8). The van der Waals surface area contributed by atoms with E-state index >= 15 is 0 Å². The number of rotatable bonds is 3. The summed E-state index contributed by atoms with van der Waals surface area (Å²) in [6.07, 6.45) is 3.48. The van der Waals surface area contributed by atoms with Crippen LogP contribution in [0.25, 0.3) is 0 Å². The molecule has 0 spiro atoms. The summed E-state index contributed by atoms with van der Waals surface area (Å²) in [6.45, 7) is 2.16. The molecule has 0 aromatic rings. The zero-order valence-electron chi connectivity index (χ0n) is 5.53. The van der Waals surface area contributed by atoms with Gasteiger partial charge in [0.1, 0.15) is 0 Å². The third-order valence-electron chi connectivity index (χ3n) is 1.04. The molecule has 0 rings (SSSR count). The lowest BCUT2D eigenvalue weighted by Gasteiger charge is -1.98. The van der Waals surface area contributed by atoms with Crippen LogP contribution in [0.3, 0.4) is 0 Å². The van der Waals surface area contributed by atoms with Crippen LogP contribution in [0.2, 0.25) is 0 Å². The van der Waals surface area contributed by atoms with E-state index in [0.29, 0.717) is 0 Å². The van der Waals surface area contributed by atoms with Gasteiger partial charge in [-0.25, -0.2) is 0 Å². The molecule has 0 amide bonds. The Morgan fingerprint density at radius 1 is 1.62 bits per heavy atom. The van der Waals surface area contributed by atoms with Gasteiger partial charge in [-0.15, -0.1) is 0 Å². The van der Waals surface area contributed by atoms with Crippen LogP contribution >= 0.6 is 12.2 Å². The molecule has 1 N–H and O–H groups in total. The Hall–Kier alpha value is -0.110. The van der Waals surface area contributed by atoms with Gasteiger partial charge < -0.3 is 5.32 Å². The van der Waals surface area contributed by atoms with Crippen LogP contribution in [-0.4, -0.2) is 12.0 Å². The summed E-state index contributed by atoms with van der Waals surface area (Å²) >= 11 is 4.91. The normalized spacial score (nSPS) is 8.75. The van der Waals surface area contributed by atoms with Crippen molar-refractivity contribution in [1.29, 1.82) is 0 Å². The second-order valence-electron chi connectivity index (χ2n) is 1.78. The molecular weight excluding hydrogens is 118 g/mol. The Kier molecular flexibility index (Phi) is 4.97. The van der Waals surface area contributed by atoms with E-state index in [1.54, 1.807) is 0 Å². The van der Waals surface area contributed by atoms with E-state index < -0.39 is 0 Å². The zero-order chi connectivity index (χ0) is 6.41. The van der Waals surface area contributed by atoms with E-state index in [0.717, 1.165) is 11.4 Å². The van der Waals surface area contributed by atoms with E-state index in [-0.39, 0.29) is 0 Å². The minimum Gasteiger partial charge on any atom is -0.383 e. The lowest BCUT2D eigenvalue weighted by Crippen LogP contribution is -2.14. The first-order chi connectivity index (χ1) is 3.81. The van der Waals surface area contributed by atoms with Crippen molar-refractivity contribution in [2.24, 2.45) is 0 Å². The van der Waals surface area contributed by atoms with Gasteiger partial charge in [0.2, 0.25) is 0 Å². The highest BCUT2D eigenvalue weighted by Crippen LogP contribution is 1.93. The summed E-state index contributed by atoms with van der Waals surface area (Å²) in [5.74, 6) is 0. The highest BCUT2D eigenvalue weighted by atomic mass is 32.1. The molecule has 0 unspecified atom stereocenters. The van der Waals surface area contributed by atoms with E-state index in [2.05, 4.69) is 12.2 Å². The molecule has 0 aromatic carbocycles. The van der Waals surface area contributed by atoms with Crippen LogP contribution in [0, 0.1) is 0 Å². The number of nitrogens with one attached hydrogen (secondary N) is 1. The highest BCUT2D eigenvalue weighted by Gasteiger charge is 1.87. The van der Waals surface area contributed by atoms with Crippen LogP contribution in [-0.2, 0) is 0 Å². The van der Waals surface area contributed by atoms with Gasteiger partial charge >= 0.3 is 0 Å². The van der Waals surface area contributed by atoms with Gasteiger partial charge in [0.25, 0.3) is 0 Å². The summed E-state index contributed by atoms with van der Waals surface area (Å²) in [4.78, 5) is 0.979. The smallest absolute Gasteiger partial charge is 0.0750 e. The fourth-order valence-electron chi connectivity index (χ4n) is 0.462. The summed E-state index contributed by atoms with van der Waals surface area (Å²) in [6, 6.07) is 0. The van der Waals surface area contributed by atoms with Crippen molar-refractivity contribution in [2.75, 3.05) is 7.05 Å². The van der Waals surface area contributed by atoms with Crippen LogP contribution < -0.4 is 5.32 Å². The molecule has 48 valence electrons. The van der Waals surface area contributed by atoms with Crippen LogP contribution in [0.15, 0.2) is 0 Å². The Morgan fingerprint density at radius 3 is 2.62 bits per heavy atom. The van der Waals surface area contributed by atoms with Gasteiger partial charge in [0.15, 0.2) is 0 Å². The molecule has 0 radical (unpaired) electrons. The molecule has 0 fully saturated rings. The fraction of sp³-hybridized carbons (Fsp3) is 0.833. The van der Waals surface area contributed by atoms with Crippen molar-refractivity contribution in [3.05, 3.63) is 0 Å². The molecule has 0 atom stereocenters. The average molecular weight is 131 g/mol. The number of hydrogen-bond acceptors (Lipinski definition) is 1. The molecule has 0 bridgehead atoms. The van der Waals surface area contributed by atoms with Crippen molar-refractivity contribution < 1.29 is 0 Å². The van der Waals surface area contributed by atoms with E-state index in [4.69, 9.17) is 12.2 Å². The Morgan fingerprint density at radius 2 is 2.25 bits per heavy atom. The maximum Gasteiger partial charge on any atom is 0.0750 e. The Bertz CT molecular complexity index is 70.9. The molecule has 0 saturated heterocycles. The zero-order valence-corrected chi connectivity index (χ0v) is 6.35. The first-order valence-electron chi connectivity index (χ1n) is 3.01. The van der Waals surface area contributed by atoms with Gasteiger partial charge in [-0.1, -0.05) is 25.6 Å². The lowest BCUT2D eigenvalue weighted by atomic mass is 10.2. The third kappa shape index (κ3) is 4.06. The minimum absolute atomic E-state index is 0.979. The molecule has 2 heteroatoms. The predicted molar refractivity (Wildman–Crippen MR) is 41.2 cm³/mol. The molecule has 0 saturated carbocycles. The van der Waals surface area contributed by atoms with E-state index in [9.17, 15) is 0 Å². The summed E-state index contributed by atoms with van der Waals surface area (Å²) in [5, 5.41) is 2.93. The fourth-order valence-corrected chi connectivity index (χ4v) is 0.607. The maximum atomic E-state index is 4.91. The minimum atomic E-state index is 0.979. The second-order valence-corrected chi connectivity index (χ2v) is 2.27. The number of unbranched alkanes of at least 4 members (excludes halogenated alkanes) is 1. The van der Waals surface area contributed by atoms with Crippen molar-refractivity contribution in [3.63, 3.8) is 0 Å². The van der Waals surface area contributed by atoms with E-state index in [1.165, 1.54) is 12.8 Å². The van der Waals surface area contributed by atoms with Gasteiger partial charge in [-0.05, 0) is 12.8 Å². The van der Waals surface area contributed by atoms with Gasteiger partial charge in [0.05, 0.1) is 4.99 Å². The molecule has 0 aliphatic heterocycles. The average Bonchev–Trinajstić information content (AvgIpc) is 1.83. The lowest BCUT2D eigenvalue weighted by molar-refractivity contribution is 0.827. The molecule has 0 aromatic heterocycles. The monoisotopic (exact) mass is 131 g/mol. The third-order valence-corrected chi connectivity index (χ3v) is 1.44. The summed E-state index contributed by atoms with van der Waals surface area (Å²) < 4.78 is 0. The molecule has 0 aliphatic rings. The predicted octanol–water partition coefficient (Wildman–Crippen LogP) is 1.72. The van der Waals surface area contributed by atoms with Crippen molar-refractivity contribution in [2.45, 2.75) is 26.2 Å². The second kappa shape index (κ2) is 5.04. The van der Waals surface area contributed by atoms with Crippen molar-refractivity contribution in [1.82, 2.24) is 5.32 Å².